The lowest BCUT2D eigenvalue weighted by Crippen LogP contribution is -2.45. The maximum atomic E-state index is 12.3. The normalized spacial score (nSPS) is 20.4. The maximum Gasteiger partial charge on any atom is 0.321 e. The van der Waals surface area contributed by atoms with Gasteiger partial charge < -0.3 is 10.2 Å². The number of hydrogen-bond acceptors (Lipinski definition) is 3. The summed E-state index contributed by atoms with van der Waals surface area (Å²) in [6.07, 6.45) is 1.63. The number of amides is 2. The Morgan fingerprint density at radius 3 is 2.90 bits per heavy atom. The van der Waals surface area contributed by atoms with E-state index in [0.29, 0.717) is 16.9 Å². The molecule has 6 heteroatoms. The largest absolute Gasteiger partial charge is 0.323 e. The van der Waals surface area contributed by atoms with Gasteiger partial charge in [0.1, 0.15) is 0 Å². The van der Waals surface area contributed by atoms with Crippen molar-refractivity contribution in [3.63, 3.8) is 0 Å². The van der Waals surface area contributed by atoms with Crippen molar-refractivity contribution in [3.05, 3.63) is 24.3 Å². The first kappa shape index (κ1) is 16.4. The number of nitrogens with zero attached hydrogens (tertiary/aromatic N) is 1. The van der Waals surface area contributed by atoms with Crippen LogP contribution in [0.15, 0.2) is 29.2 Å². The van der Waals surface area contributed by atoms with Gasteiger partial charge in [-0.3, -0.25) is 4.21 Å². The third-order valence-electron chi connectivity index (χ3n) is 3.54. The monoisotopic (exact) mass is 326 g/mol. The minimum Gasteiger partial charge on any atom is -0.323 e. The molecule has 1 aliphatic heterocycles. The van der Waals surface area contributed by atoms with Crippen LogP contribution in [-0.2, 0) is 10.8 Å². The molecule has 1 heterocycles. The number of carbonyl (C=O) groups is 1. The molecule has 0 aromatic heterocycles. The van der Waals surface area contributed by atoms with Crippen LogP contribution in [0.2, 0.25) is 0 Å². The van der Waals surface area contributed by atoms with Gasteiger partial charge in [0.2, 0.25) is 0 Å². The van der Waals surface area contributed by atoms with Gasteiger partial charge in [0, 0.05) is 51.7 Å². The second-order valence-corrected chi connectivity index (χ2v) is 8.24. The molecule has 2 atom stereocenters. The van der Waals surface area contributed by atoms with Gasteiger partial charge >= 0.3 is 6.03 Å². The van der Waals surface area contributed by atoms with Gasteiger partial charge in [0.15, 0.2) is 0 Å². The zero-order chi connectivity index (χ0) is 15.4. The van der Waals surface area contributed by atoms with E-state index in [-0.39, 0.29) is 6.03 Å². The topological polar surface area (TPSA) is 49.4 Å². The van der Waals surface area contributed by atoms with Crippen LogP contribution in [0.1, 0.15) is 13.8 Å². The fourth-order valence-electron chi connectivity index (χ4n) is 2.22. The highest BCUT2D eigenvalue weighted by Gasteiger charge is 2.26. The molecule has 21 heavy (non-hydrogen) atoms. The molecule has 1 fully saturated rings. The Morgan fingerprint density at radius 2 is 2.24 bits per heavy atom. The summed E-state index contributed by atoms with van der Waals surface area (Å²) in [4.78, 5) is 14.9. The van der Waals surface area contributed by atoms with Crippen LogP contribution in [0.25, 0.3) is 0 Å². The van der Waals surface area contributed by atoms with E-state index < -0.39 is 10.8 Å². The fourth-order valence-corrected chi connectivity index (χ4v) is 4.08. The number of hydrogen-bond donors (Lipinski definition) is 1. The van der Waals surface area contributed by atoms with E-state index in [1.807, 2.05) is 28.8 Å². The van der Waals surface area contributed by atoms with Crippen molar-refractivity contribution in [3.8, 4) is 0 Å². The molecule has 2 amide bonds. The molecule has 0 radical (unpaired) electrons. The molecule has 0 aliphatic carbocycles. The SMILES string of the molecule is CC(C)[C@@H]1CN(C(=O)Nc2cccc([S@@](C)=O)c2)CCS1. The molecule has 116 valence electrons. The first-order valence-electron chi connectivity index (χ1n) is 7.08. The van der Waals surface area contributed by atoms with E-state index >= 15 is 0 Å². The number of thioether (sulfide) groups is 1. The summed E-state index contributed by atoms with van der Waals surface area (Å²) in [5.74, 6) is 1.55. The van der Waals surface area contributed by atoms with Crippen LogP contribution in [0.3, 0.4) is 0 Å². The Morgan fingerprint density at radius 1 is 1.48 bits per heavy atom. The van der Waals surface area contributed by atoms with Crippen molar-refractivity contribution in [1.29, 1.82) is 0 Å². The van der Waals surface area contributed by atoms with Gasteiger partial charge in [0.05, 0.1) is 0 Å². The second kappa shape index (κ2) is 7.31. The summed E-state index contributed by atoms with van der Waals surface area (Å²) in [5, 5.41) is 3.41. The van der Waals surface area contributed by atoms with Gasteiger partial charge in [-0.1, -0.05) is 19.9 Å². The molecule has 0 unspecified atom stereocenters. The highest BCUT2D eigenvalue weighted by molar-refractivity contribution is 8.00. The molecule has 1 N–H and O–H groups in total. The standard InChI is InChI=1S/C15H22N2O2S2/c1-11(2)14-10-17(7-8-20-14)15(18)16-12-5-4-6-13(9-12)21(3)19/h4-6,9,11,14H,7-8,10H2,1-3H3,(H,16,18)/t14-,21+/m0/s1. The molecule has 0 bridgehead atoms. The van der Waals surface area contributed by atoms with Crippen molar-refractivity contribution < 1.29 is 9.00 Å². The van der Waals surface area contributed by atoms with Gasteiger partial charge in [-0.25, -0.2) is 4.79 Å². The Hall–Kier alpha value is -1.01. The molecule has 1 aromatic carbocycles. The molecule has 1 aromatic rings. The number of anilines is 1. The molecule has 1 saturated heterocycles. The molecular formula is C15H22N2O2S2. The van der Waals surface area contributed by atoms with Crippen molar-refractivity contribution >= 4 is 34.3 Å². The molecule has 4 nitrogen and oxygen atoms in total. The second-order valence-electron chi connectivity index (χ2n) is 5.51. The van der Waals surface area contributed by atoms with Gasteiger partial charge in [-0.2, -0.15) is 11.8 Å². The van der Waals surface area contributed by atoms with E-state index in [0.717, 1.165) is 23.7 Å². The van der Waals surface area contributed by atoms with Crippen LogP contribution < -0.4 is 5.32 Å². The van der Waals surface area contributed by atoms with Crippen molar-refractivity contribution in [1.82, 2.24) is 4.90 Å². The van der Waals surface area contributed by atoms with Crippen LogP contribution in [0.4, 0.5) is 10.5 Å². The smallest absolute Gasteiger partial charge is 0.321 e. The first-order chi connectivity index (χ1) is 9.97. The van der Waals surface area contributed by atoms with Crippen LogP contribution in [0.5, 0.6) is 0 Å². The summed E-state index contributed by atoms with van der Waals surface area (Å²) >= 11 is 1.94. The third-order valence-corrected chi connectivity index (χ3v) is 6.00. The van der Waals surface area contributed by atoms with Crippen LogP contribution in [-0.4, -0.2) is 45.5 Å². The van der Waals surface area contributed by atoms with Crippen LogP contribution >= 0.6 is 11.8 Å². The van der Waals surface area contributed by atoms with Crippen molar-refractivity contribution in [2.75, 3.05) is 30.4 Å². The van der Waals surface area contributed by atoms with E-state index in [1.54, 1.807) is 18.4 Å². The van der Waals surface area contributed by atoms with E-state index in [4.69, 9.17) is 0 Å². The van der Waals surface area contributed by atoms with E-state index in [2.05, 4.69) is 19.2 Å². The van der Waals surface area contributed by atoms with Gasteiger partial charge in [0.25, 0.3) is 0 Å². The lowest BCUT2D eigenvalue weighted by atomic mass is 10.1. The third kappa shape index (κ3) is 4.48. The predicted molar refractivity (Wildman–Crippen MR) is 90.5 cm³/mol. The summed E-state index contributed by atoms with van der Waals surface area (Å²) in [6.45, 7) is 5.95. The summed E-state index contributed by atoms with van der Waals surface area (Å²) in [5.41, 5.74) is 0.701. The Kier molecular flexibility index (Phi) is 5.70. The van der Waals surface area contributed by atoms with Gasteiger partial charge in [-0.05, 0) is 24.1 Å². The quantitative estimate of drug-likeness (QED) is 0.929. The van der Waals surface area contributed by atoms with Crippen LogP contribution in [0, 0.1) is 5.92 Å². The van der Waals surface area contributed by atoms with Crippen molar-refractivity contribution in [2.24, 2.45) is 5.92 Å². The minimum atomic E-state index is -1.04. The molecule has 2 rings (SSSR count). The highest BCUT2D eigenvalue weighted by atomic mass is 32.2. The highest BCUT2D eigenvalue weighted by Crippen LogP contribution is 2.25. The van der Waals surface area contributed by atoms with E-state index in [1.165, 1.54) is 0 Å². The first-order valence-corrected chi connectivity index (χ1v) is 9.69. The number of urea groups is 1. The zero-order valence-electron chi connectivity index (χ0n) is 12.7. The maximum absolute atomic E-state index is 12.3. The predicted octanol–water partition coefficient (Wildman–Crippen LogP) is 3.03. The van der Waals surface area contributed by atoms with E-state index in [9.17, 15) is 9.00 Å². The molecule has 0 saturated carbocycles. The fraction of sp³-hybridized carbons (Fsp3) is 0.533. The number of benzene rings is 1. The molecular weight excluding hydrogens is 304 g/mol. The summed E-state index contributed by atoms with van der Waals surface area (Å²) < 4.78 is 11.5. The van der Waals surface area contributed by atoms with Gasteiger partial charge in [-0.15, -0.1) is 0 Å². The number of carbonyl (C=O) groups excluding carboxylic acids is 1. The Balaban J connectivity index is 2.01. The average Bonchev–Trinajstić information content (AvgIpc) is 2.47. The lowest BCUT2D eigenvalue weighted by Gasteiger charge is -2.34. The Labute approximate surface area is 133 Å². The van der Waals surface area contributed by atoms with Crippen molar-refractivity contribution in [2.45, 2.75) is 24.0 Å². The minimum absolute atomic E-state index is 0.0695. The zero-order valence-corrected chi connectivity index (χ0v) is 14.3. The summed E-state index contributed by atoms with van der Waals surface area (Å²) in [7, 11) is -1.04. The average molecular weight is 326 g/mol. The number of rotatable bonds is 3. The Bertz CT molecular complexity index is 534. The lowest BCUT2D eigenvalue weighted by molar-refractivity contribution is 0.211. The molecule has 0 spiro atoms. The summed E-state index contributed by atoms with van der Waals surface area (Å²) in [6, 6.07) is 7.15. The molecule has 1 aliphatic rings. The number of nitrogens with one attached hydrogen (secondary N) is 1.